The number of morpholine rings is 1. The van der Waals surface area contributed by atoms with Crippen molar-refractivity contribution in [1.29, 1.82) is 0 Å². The van der Waals surface area contributed by atoms with Gasteiger partial charge in [-0.2, -0.15) is 0 Å². The highest BCUT2D eigenvalue weighted by molar-refractivity contribution is 9.10. The van der Waals surface area contributed by atoms with Crippen molar-refractivity contribution >= 4 is 44.7 Å². The lowest BCUT2D eigenvalue weighted by molar-refractivity contribution is 0.0693. The molecule has 4 nitrogen and oxygen atoms in total. The molecule has 0 atom stereocenters. The third-order valence-electron chi connectivity index (χ3n) is 4.05. The van der Waals surface area contributed by atoms with Gasteiger partial charge in [-0.15, -0.1) is 0 Å². The Kier molecular flexibility index (Phi) is 6.75. The molecule has 7 heteroatoms. The summed E-state index contributed by atoms with van der Waals surface area (Å²) in [4.78, 5) is 2.93. The predicted octanol–water partition coefficient (Wildman–Crippen LogP) is 4.70. The second kappa shape index (κ2) is 9.04. The maximum Gasteiger partial charge on any atom is 0.175 e. The molecule has 0 radical (unpaired) electrons. The first-order valence-electron chi connectivity index (χ1n) is 8.20. The van der Waals surface area contributed by atoms with Gasteiger partial charge in [-0.25, -0.2) is 0 Å². The molecule has 0 amide bonds. The Morgan fingerprint density at radius 1 is 1.27 bits per heavy atom. The van der Waals surface area contributed by atoms with Gasteiger partial charge < -0.3 is 19.1 Å². The summed E-state index contributed by atoms with van der Waals surface area (Å²) >= 11 is 15.3. The lowest BCUT2D eigenvalue weighted by Gasteiger charge is -2.29. The molecule has 0 spiro atoms. The first kappa shape index (κ1) is 19.4. The smallest absolute Gasteiger partial charge is 0.175 e. The second-order valence-electron chi connectivity index (χ2n) is 5.81. The van der Waals surface area contributed by atoms with Crippen molar-refractivity contribution in [2.45, 2.75) is 6.61 Å². The van der Waals surface area contributed by atoms with Crippen molar-refractivity contribution in [3.8, 4) is 11.5 Å². The van der Waals surface area contributed by atoms with Gasteiger partial charge in [-0.05, 0) is 45.8 Å². The van der Waals surface area contributed by atoms with Crippen LogP contribution in [0.1, 0.15) is 11.1 Å². The lowest BCUT2D eigenvalue weighted by Crippen LogP contribution is -2.40. The van der Waals surface area contributed by atoms with E-state index in [0.717, 1.165) is 33.7 Å². The van der Waals surface area contributed by atoms with Gasteiger partial charge in [0.25, 0.3) is 0 Å². The molecule has 1 aliphatic rings. The third kappa shape index (κ3) is 4.68. The van der Waals surface area contributed by atoms with Crippen molar-refractivity contribution in [3.63, 3.8) is 0 Å². The number of halogens is 2. The quantitative estimate of drug-likeness (QED) is 0.609. The fourth-order valence-corrected chi connectivity index (χ4v) is 3.78. The minimum absolute atomic E-state index is 0.392. The molecule has 3 rings (SSSR count). The molecule has 26 heavy (non-hydrogen) atoms. The molecule has 0 aliphatic carbocycles. The van der Waals surface area contributed by atoms with Crippen LogP contribution >= 0.6 is 39.7 Å². The van der Waals surface area contributed by atoms with Gasteiger partial charge in [0, 0.05) is 23.7 Å². The normalized spacial score (nSPS) is 14.2. The van der Waals surface area contributed by atoms with E-state index in [1.165, 1.54) is 0 Å². The van der Waals surface area contributed by atoms with E-state index in [0.29, 0.717) is 36.3 Å². The van der Waals surface area contributed by atoms with E-state index in [2.05, 4.69) is 20.8 Å². The zero-order chi connectivity index (χ0) is 18.5. The fourth-order valence-electron chi connectivity index (χ4n) is 2.71. The van der Waals surface area contributed by atoms with E-state index < -0.39 is 0 Å². The summed E-state index contributed by atoms with van der Waals surface area (Å²) in [7, 11) is 1.62. The zero-order valence-electron chi connectivity index (χ0n) is 14.3. The van der Waals surface area contributed by atoms with Gasteiger partial charge >= 0.3 is 0 Å². The lowest BCUT2D eigenvalue weighted by atomic mass is 10.1. The number of hydrogen-bond donors (Lipinski definition) is 0. The molecule has 1 heterocycles. The van der Waals surface area contributed by atoms with E-state index in [-0.39, 0.29) is 0 Å². The molecular formula is C19H19BrClNO3S. The molecule has 0 N–H and O–H groups in total. The van der Waals surface area contributed by atoms with Crippen LogP contribution in [0.3, 0.4) is 0 Å². The average molecular weight is 457 g/mol. The first-order chi connectivity index (χ1) is 12.6. The highest BCUT2D eigenvalue weighted by Crippen LogP contribution is 2.37. The molecule has 0 saturated carbocycles. The number of hydrogen-bond acceptors (Lipinski definition) is 4. The maximum absolute atomic E-state index is 6.03. The minimum Gasteiger partial charge on any atom is -0.493 e. The van der Waals surface area contributed by atoms with E-state index in [9.17, 15) is 0 Å². The largest absolute Gasteiger partial charge is 0.493 e. The van der Waals surface area contributed by atoms with Crippen molar-refractivity contribution in [1.82, 2.24) is 4.90 Å². The van der Waals surface area contributed by atoms with Gasteiger partial charge in [-0.1, -0.05) is 36.0 Å². The summed E-state index contributed by atoms with van der Waals surface area (Å²) in [5.41, 5.74) is 1.90. The summed E-state index contributed by atoms with van der Waals surface area (Å²) in [5.74, 6) is 1.27. The summed E-state index contributed by atoms with van der Waals surface area (Å²) in [6.45, 7) is 3.37. The van der Waals surface area contributed by atoms with Gasteiger partial charge in [0.2, 0.25) is 0 Å². The van der Waals surface area contributed by atoms with Gasteiger partial charge in [0.1, 0.15) is 11.6 Å². The first-order valence-corrected chi connectivity index (χ1v) is 9.78. The van der Waals surface area contributed by atoms with Gasteiger partial charge in [0.05, 0.1) is 24.8 Å². The van der Waals surface area contributed by atoms with Crippen molar-refractivity contribution in [2.75, 3.05) is 33.4 Å². The van der Waals surface area contributed by atoms with Gasteiger partial charge in [-0.3, -0.25) is 0 Å². The summed E-state index contributed by atoms with van der Waals surface area (Å²) < 4.78 is 17.7. The molecular weight excluding hydrogens is 438 g/mol. The molecule has 0 bridgehead atoms. The number of methoxy groups -OCH3 is 1. The zero-order valence-corrected chi connectivity index (χ0v) is 17.5. The van der Waals surface area contributed by atoms with E-state index in [1.807, 2.05) is 36.4 Å². The van der Waals surface area contributed by atoms with Crippen LogP contribution in [0.15, 0.2) is 40.9 Å². The van der Waals surface area contributed by atoms with Crippen LogP contribution in [-0.2, 0) is 11.3 Å². The fraction of sp³-hybridized carbons (Fsp3) is 0.316. The highest BCUT2D eigenvalue weighted by atomic mass is 79.9. The molecule has 138 valence electrons. The molecule has 2 aromatic rings. The van der Waals surface area contributed by atoms with E-state index >= 15 is 0 Å². The van der Waals surface area contributed by atoms with Crippen LogP contribution in [0.2, 0.25) is 5.02 Å². The van der Waals surface area contributed by atoms with Crippen LogP contribution in [-0.4, -0.2) is 43.3 Å². The molecule has 0 aromatic heterocycles. The predicted molar refractivity (Wildman–Crippen MR) is 111 cm³/mol. The minimum atomic E-state index is 0.392. The van der Waals surface area contributed by atoms with E-state index in [1.54, 1.807) is 7.11 Å². The molecule has 1 fully saturated rings. The van der Waals surface area contributed by atoms with Gasteiger partial charge in [0.15, 0.2) is 11.5 Å². The highest BCUT2D eigenvalue weighted by Gasteiger charge is 2.19. The topological polar surface area (TPSA) is 30.9 Å². The summed E-state index contributed by atoms with van der Waals surface area (Å²) in [5, 5.41) is 0.684. The standard InChI is InChI=1S/C19H19BrClNO3S/c1-23-17-11-14(19(26)22-5-7-24-8-6-22)10-16(20)18(17)25-12-13-3-2-4-15(21)9-13/h2-4,9-11H,5-8,12H2,1H3. The number of benzene rings is 2. The molecule has 0 unspecified atom stereocenters. The number of nitrogens with zero attached hydrogens (tertiary/aromatic N) is 1. The molecule has 2 aromatic carbocycles. The summed E-state index contributed by atoms with van der Waals surface area (Å²) in [6, 6.07) is 11.5. The number of thiocarbonyl (C=S) groups is 1. The summed E-state index contributed by atoms with van der Waals surface area (Å²) in [6.07, 6.45) is 0. The average Bonchev–Trinajstić information content (AvgIpc) is 2.66. The molecule has 1 saturated heterocycles. The van der Waals surface area contributed by atoms with Crippen molar-refractivity contribution in [2.24, 2.45) is 0 Å². The Morgan fingerprint density at radius 3 is 2.73 bits per heavy atom. The van der Waals surface area contributed by atoms with Crippen LogP contribution in [0.5, 0.6) is 11.5 Å². The maximum atomic E-state index is 6.03. The number of rotatable bonds is 5. The van der Waals surface area contributed by atoms with Crippen LogP contribution < -0.4 is 9.47 Å². The number of ether oxygens (including phenoxy) is 3. The Balaban J connectivity index is 1.79. The third-order valence-corrected chi connectivity index (χ3v) is 5.36. The SMILES string of the molecule is COc1cc(C(=S)N2CCOCC2)cc(Br)c1OCc1cccc(Cl)c1. The molecule has 1 aliphatic heterocycles. The monoisotopic (exact) mass is 455 g/mol. The van der Waals surface area contributed by atoms with Crippen LogP contribution in [0.4, 0.5) is 0 Å². The van der Waals surface area contributed by atoms with Crippen molar-refractivity contribution in [3.05, 3.63) is 57.0 Å². The second-order valence-corrected chi connectivity index (χ2v) is 7.49. The van der Waals surface area contributed by atoms with Crippen LogP contribution in [0.25, 0.3) is 0 Å². The van der Waals surface area contributed by atoms with Crippen LogP contribution in [0, 0.1) is 0 Å². The Labute approximate surface area is 172 Å². The van der Waals surface area contributed by atoms with Crippen molar-refractivity contribution < 1.29 is 14.2 Å². The van der Waals surface area contributed by atoms with E-state index in [4.69, 9.17) is 38.0 Å². The Bertz CT molecular complexity index is 796. The Morgan fingerprint density at radius 2 is 2.04 bits per heavy atom. The Hall–Kier alpha value is -1.34.